The molecule has 2 atom stereocenters. The fraction of sp³-hybridized carbons (Fsp3) is 1.00. The molecule has 0 heterocycles. The topological polar surface area (TPSA) is 66.5 Å². The van der Waals surface area contributed by atoms with Crippen LogP contribution in [0.3, 0.4) is 0 Å². The maximum atomic E-state index is 10.6. The lowest BCUT2D eigenvalue weighted by molar-refractivity contribution is 0.0990. The summed E-state index contributed by atoms with van der Waals surface area (Å²) in [6, 6.07) is -4.50. The van der Waals surface area contributed by atoms with Gasteiger partial charge in [0.05, 0.1) is 24.1 Å². The molecule has 128 valence electrons. The summed E-state index contributed by atoms with van der Waals surface area (Å²) in [5.41, 5.74) is -1.23. The molecule has 0 bridgehead atoms. The average Bonchev–Trinajstić information content (AvgIpc) is 2.81. The Hall–Kier alpha value is -0.120. The second-order valence-corrected chi connectivity index (χ2v) is 4.03. The second-order valence-electron chi connectivity index (χ2n) is 4.03. The zero-order chi connectivity index (χ0) is 35.3. The summed E-state index contributed by atoms with van der Waals surface area (Å²) in [6.45, 7) is -2.49. The van der Waals surface area contributed by atoms with Gasteiger partial charge in [-0.1, -0.05) is 90.1 Å². The van der Waals surface area contributed by atoms with Gasteiger partial charge < -0.3 is 15.9 Å². The quantitative estimate of drug-likeness (QED) is 0.352. The largest absolute Gasteiger partial charge is 0.395 e. The first kappa shape index (κ1) is 4.70. The molecule has 0 aromatic carbocycles. The Kier molecular flexibility index (Phi) is 3.64. The van der Waals surface area contributed by atoms with Gasteiger partial charge in [-0.25, -0.2) is 0 Å². The molecule has 0 rings (SSSR count). The van der Waals surface area contributed by atoms with E-state index in [0.717, 1.165) is 12.8 Å². The normalized spacial score (nSPS) is 39.0. The molecule has 4 N–H and O–H groups in total. The van der Waals surface area contributed by atoms with E-state index in [2.05, 4.69) is 0 Å². The van der Waals surface area contributed by atoms with Gasteiger partial charge >= 0.3 is 0 Å². The number of aliphatic hydroxyl groups is 2. The summed E-state index contributed by atoms with van der Waals surface area (Å²) in [5, 5.41) is 20.3. The molecule has 21 heavy (non-hydrogen) atoms. The summed E-state index contributed by atoms with van der Waals surface area (Å²) in [4.78, 5) is 0. The van der Waals surface area contributed by atoms with Crippen LogP contribution in [0.25, 0.3) is 0 Å². The molecule has 0 aliphatic heterocycles. The van der Waals surface area contributed by atoms with Crippen LogP contribution >= 0.6 is 0 Å². The van der Waals surface area contributed by atoms with Gasteiger partial charge in [-0.3, -0.25) is 0 Å². The minimum atomic E-state index is -4.87. The summed E-state index contributed by atoms with van der Waals surface area (Å²) in [5.74, 6) is 0. The predicted molar refractivity (Wildman–Crippen MR) is 91.4 cm³/mol. The van der Waals surface area contributed by atoms with Crippen LogP contribution in [-0.2, 0) is 0 Å². The van der Waals surface area contributed by atoms with Crippen LogP contribution in [0.4, 0.5) is 0 Å². The highest BCUT2D eigenvalue weighted by atomic mass is 16.3. The van der Waals surface area contributed by atoms with Crippen LogP contribution in [-0.4, -0.2) is 28.9 Å². The molecule has 0 radical (unpaired) electrons. The highest BCUT2D eigenvalue weighted by Gasteiger charge is 2.12. The van der Waals surface area contributed by atoms with Crippen LogP contribution in [0.5, 0.6) is 0 Å². The van der Waals surface area contributed by atoms with Gasteiger partial charge in [-0.05, 0) is 6.37 Å². The fourth-order valence-electron chi connectivity index (χ4n) is 1.25. The molecule has 0 aromatic rings. The Morgan fingerprint density at radius 2 is 1.52 bits per heavy atom. The fourth-order valence-corrected chi connectivity index (χ4v) is 1.25. The number of hydrogen-bond donors (Lipinski definition) is 3. The lowest BCUT2D eigenvalue weighted by atomic mass is 10.0. The van der Waals surface area contributed by atoms with Gasteiger partial charge in [0.15, 0.2) is 0 Å². The average molecular weight is 324 g/mol. The molecule has 0 saturated heterocycles. The van der Waals surface area contributed by atoms with E-state index < -0.39 is 81.8 Å². The number of rotatable bonds is 17. The van der Waals surface area contributed by atoms with Crippen LogP contribution in [0.15, 0.2) is 0 Å². The van der Waals surface area contributed by atoms with E-state index in [1.165, 1.54) is 0 Å². The third kappa shape index (κ3) is 14.6. The molecule has 0 aliphatic carbocycles. The molecule has 0 aromatic heterocycles. The molecular weight excluding hydrogens is 262 g/mol. The van der Waals surface area contributed by atoms with Gasteiger partial charge in [0, 0.05) is 21.9 Å². The Morgan fingerprint density at radius 1 is 0.952 bits per heavy atom. The maximum Gasteiger partial charge on any atom is 0.119 e. The van der Waals surface area contributed by atoms with Crippen molar-refractivity contribution in [3.63, 3.8) is 0 Å². The minimum absolute atomic E-state index is 0.0143. The van der Waals surface area contributed by atoms with Crippen molar-refractivity contribution in [3.8, 4) is 0 Å². The minimum Gasteiger partial charge on any atom is -0.395 e. The van der Waals surface area contributed by atoms with Crippen molar-refractivity contribution in [3.05, 3.63) is 0 Å². The van der Waals surface area contributed by atoms with Crippen molar-refractivity contribution in [2.45, 2.75) is 109 Å². The monoisotopic (exact) mass is 323 g/mol. The highest BCUT2D eigenvalue weighted by molar-refractivity contribution is 4.70. The van der Waals surface area contributed by atoms with Crippen LogP contribution in [0.1, 0.15) is 124 Å². The van der Waals surface area contributed by atoms with E-state index in [4.69, 9.17) is 30.2 Å². The molecule has 0 unspecified atom stereocenters. The van der Waals surface area contributed by atoms with Crippen molar-refractivity contribution >= 4 is 0 Å². The van der Waals surface area contributed by atoms with Crippen molar-refractivity contribution in [2.24, 2.45) is 5.72 Å². The van der Waals surface area contributed by atoms with E-state index >= 15 is 0 Å². The number of hydrogen-bond acceptors (Lipinski definition) is 3. The molecule has 3 nitrogen and oxygen atoms in total. The SMILES string of the molecule is [2H]N([2H])[C@@]([2H])(C([2H])([2H])O)[C@]([2H])(O)C([2H])([2H])C([2H])([2H])C([2H])([2H])C([2H])([2H])C([2H])([2H])C([2H])([2H])C([2H])([2H])C([2H])([2H])CCCCCCC. The van der Waals surface area contributed by atoms with Gasteiger partial charge in [0.1, 0.15) is 2.82 Å². The van der Waals surface area contributed by atoms with Crippen LogP contribution < -0.4 is 5.72 Å². The third-order valence-electron chi connectivity index (χ3n) is 2.32. The lowest BCUT2D eigenvalue weighted by Crippen LogP contribution is -2.37. The van der Waals surface area contributed by atoms with E-state index in [9.17, 15) is 10.2 Å². The first-order valence-electron chi connectivity index (χ1n) is 17.6. The Bertz CT molecular complexity index is 945. The Morgan fingerprint density at radius 3 is 2.14 bits per heavy atom. The number of nitrogens with two attached hydrogens (primary N) is 1. The van der Waals surface area contributed by atoms with Crippen molar-refractivity contribution in [1.82, 2.24) is 0 Å². The van der Waals surface area contributed by atoms with Gasteiger partial charge in [-0.2, -0.15) is 0 Å². The molecule has 0 aliphatic rings. The molecule has 0 amide bonds. The summed E-state index contributed by atoms with van der Waals surface area (Å²) in [7, 11) is 0. The predicted octanol–water partition coefficient (Wildman–Crippen LogP) is 4.15. The Balaban J connectivity index is 7.05. The summed E-state index contributed by atoms with van der Waals surface area (Å²) in [6.07, 6.45) is -38.1. The van der Waals surface area contributed by atoms with Gasteiger partial charge in [0.2, 0.25) is 0 Å². The summed E-state index contributed by atoms with van der Waals surface area (Å²) >= 11 is 0. The smallest absolute Gasteiger partial charge is 0.119 e. The maximum absolute atomic E-state index is 10.6. The first-order valence-corrected chi connectivity index (χ1v) is 6.73. The van der Waals surface area contributed by atoms with Crippen molar-refractivity contribution < 1.29 is 40.5 Å². The van der Waals surface area contributed by atoms with E-state index in [0.29, 0.717) is 12.8 Å². The summed E-state index contributed by atoms with van der Waals surface area (Å²) < 4.78 is 175. The van der Waals surface area contributed by atoms with Crippen LogP contribution in [0.2, 0.25) is 2.82 Å². The molecular formula is C18H39NO2. The van der Waals surface area contributed by atoms with Gasteiger partial charge in [-0.15, -0.1) is 0 Å². The van der Waals surface area contributed by atoms with Crippen LogP contribution in [0, 0.1) is 0 Å². The Labute approximate surface area is 163 Å². The first-order chi connectivity index (χ1) is 18.5. The van der Waals surface area contributed by atoms with E-state index in [-0.39, 0.29) is 6.42 Å². The molecule has 0 spiro atoms. The highest BCUT2D eigenvalue weighted by Crippen LogP contribution is 2.13. The number of unbranched alkanes of at least 4 members (excludes halogenated alkanes) is 4. The molecule has 0 fully saturated rings. The van der Waals surface area contributed by atoms with Crippen molar-refractivity contribution in [2.75, 3.05) is 6.56 Å². The molecule has 3 heteroatoms. The molecule has 0 saturated carbocycles. The zero-order valence-electron chi connectivity index (χ0n) is 34.1. The lowest BCUT2D eigenvalue weighted by Gasteiger charge is -2.15. The second kappa shape index (κ2) is 16.3. The van der Waals surface area contributed by atoms with E-state index in [1.807, 2.05) is 6.92 Å². The van der Waals surface area contributed by atoms with E-state index in [1.54, 1.807) is 0 Å². The zero-order valence-corrected chi connectivity index (χ0v) is 12.1. The standard InChI is InChI=1S/C18H39NO2/c1-2-3-4-5-6-7-8-9-10-11-12-13-14-15-18(21)17(19)16-20/h17-18,20-21H,2-16,19H2,1H3/t17-,18+/m0/s1/i8D2,9D2,10D2,11D2,12D2,13D2,14D2,15D2,16D2,17D,18D/hD2. The third-order valence-corrected chi connectivity index (χ3v) is 2.32. The van der Waals surface area contributed by atoms with Crippen molar-refractivity contribution in [1.29, 1.82) is 0 Å². The van der Waals surface area contributed by atoms with Gasteiger partial charge in [0.25, 0.3) is 0 Å².